The van der Waals surface area contributed by atoms with E-state index < -0.39 is 51.2 Å². The van der Waals surface area contributed by atoms with Crippen LogP contribution < -0.4 is 10.2 Å². The minimum absolute atomic E-state index is 0.000761. The standard InChI is InChI=1S/C17H19N5O10S/c1-2-3-7-11(19-14(24)10-6-4-5-8-12(10)31-21-20-18)15(25)32-22-13(23)9-17(27,16(22)26)33(28,29)30/h4-6,8,11,27H,2-3,7,9H2,1H3,(H,19,24)(H,28,29,30). The summed E-state index contributed by atoms with van der Waals surface area (Å²) in [5.41, 5.74) is 8.26. The van der Waals surface area contributed by atoms with Gasteiger partial charge in [-0.05, 0) is 24.1 Å². The van der Waals surface area contributed by atoms with E-state index in [-0.39, 0.29) is 22.8 Å². The number of amides is 3. The maximum Gasteiger partial charge on any atom is 0.355 e. The molecule has 0 aromatic heterocycles. The lowest BCUT2D eigenvalue weighted by atomic mass is 10.1. The number of benzene rings is 1. The molecule has 1 fully saturated rings. The van der Waals surface area contributed by atoms with E-state index in [1.165, 1.54) is 24.3 Å². The van der Waals surface area contributed by atoms with Crippen LogP contribution in [-0.2, 0) is 29.3 Å². The van der Waals surface area contributed by atoms with Crippen molar-refractivity contribution < 1.29 is 46.9 Å². The van der Waals surface area contributed by atoms with Crippen LogP contribution >= 0.6 is 0 Å². The van der Waals surface area contributed by atoms with Crippen LogP contribution in [0.4, 0.5) is 0 Å². The third-order valence-corrected chi connectivity index (χ3v) is 5.66. The first-order valence-corrected chi connectivity index (χ1v) is 10.8. The molecule has 1 aromatic rings. The summed E-state index contributed by atoms with van der Waals surface area (Å²) in [5.74, 6) is -5.57. The highest BCUT2D eigenvalue weighted by Crippen LogP contribution is 2.29. The molecule has 16 heteroatoms. The van der Waals surface area contributed by atoms with Crippen molar-refractivity contribution in [3.8, 4) is 5.75 Å². The molecular formula is C17H19N5O10S. The van der Waals surface area contributed by atoms with Gasteiger partial charge in [0.15, 0.2) is 0 Å². The summed E-state index contributed by atoms with van der Waals surface area (Å²) in [6, 6.07) is 4.17. The highest BCUT2D eigenvalue weighted by molar-refractivity contribution is 7.88. The van der Waals surface area contributed by atoms with Gasteiger partial charge in [0.05, 0.1) is 12.0 Å². The molecule has 2 rings (SSSR count). The van der Waals surface area contributed by atoms with E-state index in [9.17, 15) is 32.7 Å². The first-order chi connectivity index (χ1) is 15.5. The smallest absolute Gasteiger partial charge is 0.355 e. The Kier molecular flexibility index (Phi) is 7.94. The van der Waals surface area contributed by atoms with Crippen LogP contribution in [0.5, 0.6) is 5.75 Å². The number of rotatable bonds is 10. The van der Waals surface area contributed by atoms with Crippen LogP contribution in [0.25, 0.3) is 10.4 Å². The molecule has 0 spiro atoms. The zero-order chi connectivity index (χ0) is 24.8. The Morgan fingerprint density at radius 3 is 2.61 bits per heavy atom. The number of carbonyl (C=O) groups is 4. The fraction of sp³-hybridized carbons (Fsp3) is 0.412. The maximum atomic E-state index is 12.7. The molecule has 1 aliphatic heterocycles. The summed E-state index contributed by atoms with van der Waals surface area (Å²) in [6.07, 6.45) is -0.388. The molecule has 1 aliphatic rings. The van der Waals surface area contributed by atoms with Crippen LogP contribution in [0.3, 0.4) is 0 Å². The molecule has 15 nitrogen and oxygen atoms in total. The molecule has 2 atom stereocenters. The van der Waals surface area contributed by atoms with Crippen molar-refractivity contribution in [2.45, 2.75) is 43.6 Å². The molecular weight excluding hydrogens is 466 g/mol. The number of unbranched alkanes of at least 4 members (excludes halogenated alkanes) is 1. The van der Waals surface area contributed by atoms with E-state index in [4.69, 9.17) is 14.9 Å². The second kappa shape index (κ2) is 10.3. The number of azide groups is 1. The molecule has 0 aliphatic carbocycles. The van der Waals surface area contributed by atoms with Crippen LogP contribution in [-0.4, -0.2) is 57.8 Å². The Hall–Kier alpha value is -3.72. The average molecular weight is 485 g/mol. The number of aliphatic hydroxyl groups is 1. The first kappa shape index (κ1) is 25.5. The first-order valence-electron chi connectivity index (χ1n) is 9.36. The van der Waals surface area contributed by atoms with Crippen molar-refractivity contribution >= 4 is 33.8 Å². The van der Waals surface area contributed by atoms with E-state index in [0.29, 0.717) is 12.8 Å². The minimum atomic E-state index is -5.42. The Balaban J connectivity index is 2.23. The van der Waals surface area contributed by atoms with Gasteiger partial charge in [-0.3, -0.25) is 18.9 Å². The Labute approximate surface area is 186 Å². The summed E-state index contributed by atoms with van der Waals surface area (Å²) >= 11 is 0. The van der Waals surface area contributed by atoms with Gasteiger partial charge in [0.2, 0.25) is 0 Å². The van der Waals surface area contributed by atoms with Crippen molar-refractivity contribution in [3.05, 3.63) is 40.3 Å². The van der Waals surface area contributed by atoms with Gasteiger partial charge in [0, 0.05) is 4.91 Å². The molecule has 1 heterocycles. The number of nitrogens with one attached hydrogen (secondary N) is 1. The van der Waals surface area contributed by atoms with Crippen LogP contribution in [0.2, 0.25) is 0 Å². The normalized spacial score (nSPS) is 18.9. The number of nitrogens with zero attached hydrogens (tertiary/aromatic N) is 4. The van der Waals surface area contributed by atoms with Crippen LogP contribution in [0.15, 0.2) is 29.5 Å². The van der Waals surface area contributed by atoms with E-state index in [1.807, 2.05) is 0 Å². The number of carbonyl (C=O) groups excluding carboxylic acids is 4. The molecule has 0 saturated carbocycles. The molecule has 0 bridgehead atoms. The molecule has 178 valence electrons. The number of para-hydroxylation sites is 1. The maximum absolute atomic E-state index is 12.7. The van der Waals surface area contributed by atoms with Crippen molar-refractivity contribution in [2.75, 3.05) is 0 Å². The third-order valence-electron chi connectivity index (χ3n) is 4.49. The lowest BCUT2D eigenvalue weighted by Gasteiger charge is -2.21. The molecule has 2 unspecified atom stereocenters. The van der Waals surface area contributed by atoms with Gasteiger partial charge in [-0.15, -0.1) is 0 Å². The highest BCUT2D eigenvalue weighted by atomic mass is 32.2. The van der Waals surface area contributed by atoms with Gasteiger partial charge in [0.25, 0.3) is 16.7 Å². The Morgan fingerprint density at radius 1 is 1.36 bits per heavy atom. The van der Waals surface area contributed by atoms with Crippen molar-refractivity contribution in [2.24, 2.45) is 5.28 Å². The quantitative estimate of drug-likeness (QED) is 0.103. The van der Waals surface area contributed by atoms with Crippen molar-refractivity contribution in [1.82, 2.24) is 10.4 Å². The second-order valence-electron chi connectivity index (χ2n) is 6.77. The van der Waals surface area contributed by atoms with E-state index in [0.717, 1.165) is 0 Å². The number of hydrogen-bond donors (Lipinski definition) is 3. The minimum Gasteiger partial charge on any atom is -0.393 e. The predicted octanol–water partition coefficient (Wildman–Crippen LogP) is 0.373. The third kappa shape index (κ3) is 5.56. The van der Waals surface area contributed by atoms with Gasteiger partial charge in [-0.1, -0.05) is 37.0 Å². The molecule has 3 N–H and O–H groups in total. The monoisotopic (exact) mass is 485 g/mol. The molecule has 1 saturated heterocycles. The lowest BCUT2D eigenvalue weighted by Crippen LogP contribution is -2.49. The fourth-order valence-electron chi connectivity index (χ4n) is 2.76. The fourth-order valence-corrected chi connectivity index (χ4v) is 3.37. The highest BCUT2D eigenvalue weighted by Gasteiger charge is 2.61. The topological polar surface area (TPSA) is 225 Å². The van der Waals surface area contributed by atoms with Crippen LogP contribution in [0, 0.1) is 0 Å². The van der Waals surface area contributed by atoms with Gasteiger partial charge in [-0.25, -0.2) is 4.79 Å². The predicted molar refractivity (Wildman–Crippen MR) is 106 cm³/mol. The van der Waals surface area contributed by atoms with Crippen molar-refractivity contribution in [3.63, 3.8) is 0 Å². The molecule has 33 heavy (non-hydrogen) atoms. The Morgan fingerprint density at radius 2 is 2.03 bits per heavy atom. The summed E-state index contributed by atoms with van der Waals surface area (Å²) in [4.78, 5) is 57.7. The summed E-state index contributed by atoms with van der Waals surface area (Å²) in [5, 5.41) is 14.8. The SMILES string of the molecule is CCCCC(NC(=O)c1ccccc1ON=[N+]=[N-])C(=O)ON1C(=O)CC(O)(S(=O)(=O)O)C1=O. The second-order valence-corrected chi connectivity index (χ2v) is 8.39. The van der Waals surface area contributed by atoms with Crippen molar-refractivity contribution in [1.29, 1.82) is 0 Å². The summed E-state index contributed by atoms with van der Waals surface area (Å²) in [6.45, 7) is 1.78. The largest absolute Gasteiger partial charge is 0.393 e. The summed E-state index contributed by atoms with van der Waals surface area (Å²) in [7, 11) is -5.42. The van der Waals surface area contributed by atoms with Gasteiger partial charge in [0.1, 0.15) is 17.1 Å². The zero-order valence-electron chi connectivity index (χ0n) is 17.1. The zero-order valence-corrected chi connectivity index (χ0v) is 17.9. The average Bonchev–Trinajstić information content (AvgIpc) is 2.98. The molecule has 1 aromatic carbocycles. The van der Waals surface area contributed by atoms with E-state index in [1.54, 1.807) is 6.92 Å². The lowest BCUT2D eigenvalue weighted by molar-refractivity contribution is -0.200. The van der Waals surface area contributed by atoms with E-state index in [2.05, 4.69) is 20.3 Å². The summed E-state index contributed by atoms with van der Waals surface area (Å²) < 4.78 is 31.6. The van der Waals surface area contributed by atoms with Gasteiger partial charge < -0.3 is 20.1 Å². The molecule has 0 radical (unpaired) electrons. The molecule has 3 amide bonds. The Bertz CT molecular complexity index is 1120. The van der Waals surface area contributed by atoms with E-state index >= 15 is 0 Å². The van der Waals surface area contributed by atoms with Gasteiger partial charge in [-0.2, -0.15) is 8.42 Å². The number of hydrogen-bond acceptors (Lipinski definition) is 10. The number of hydroxylamine groups is 2. The van der Waals surface area contributed by atoms with Crippen LogP contribution in [0.1, 0.15) is 43.0 Å². The number of imide groups is 1. The van der Waals surface area contributed by atoms with Gasteiger partial charge >= 0.3 is 22.0 Å².